The van der Waals surface area contributed by atoms with Gasteiger partial charge >= 0.3 is 12.1 Å². The molecule has 18 heavy (non-hydrogen) atoms. The molecule has 1 saturated heterocycles. The smallest absolute Gasteiger partial charge is 0.403 e. The van der Waals surface area contributed by atoms with Crippen LogP contribution in [-0.4, -0.2) is 54.9 Å². The number of halogens is 3. The largest absolute Gasteiger partial charge is 0.481 e. The molecule has 0 saturated carbocycles. The Morgan fingerprint density at radius 2 is 1.89 bits per heavy atom. The number of hydrogen-bond donors (Lipinski definition) is 2. The van der Waals surface area contributed by atoms with E-state index < -0.39 is 24.6 Å². The molecule has 0 spiro atoms. The fraction of sp³-hybridized carbons (Fsp3) is 0.909. The number of hydrogen-bond acceptors (Lipinski definition) is 3. The summed E-state index contributed by atoms with van der Waals surface area (Å²) >= 11 is 0. The van der Waals surface area contributed by atoms with E-state index in [0.717, 1.165) is 25.9 Å². The van der Waals surface area contributed by atoms with Crippen LogP contribution in [0.1, 0.15) is 19.3 Å². The van der Waals surface area contributed by atoms with Gasteiger partial charge in [-0.3, -0.25) is 4.79 Å². The normalized spacial score (nSPS) is 19.7. The summed E-state index contributed by atoms with van der Waals surface area (Å²) in [4.78, 5) is 12.7. The minimum atomic E-state index is -4.69. The van der Waals surface area contributed by atoms with E-state index in [1.807, 2.05) is 0 Å². The molecule has 1 heterocycles. The van der Waals surface area contributed by atoms with Crippen LogP contribution in [0.2, 0.25) is 0 Å². The molecule has 7 heteroatoms. The number of rotatable bonds is 6. The molecule has 1 aliphatic heterocycles. The Morgan fingerprint density at radius 3 is 2.39 bits per heavy atom. The zero-order valence-electron chi connectivity index (χ0n) is 10.2. The zero-order valence-corrected chi connectivity index (χ0v) is 10.2. The molecule has 1 rings (SSSR count). The van der Waals surface area contributed by atoms with Gasteiger partial charge in [-0.25, -0.2) is 0 Å². The topological polar surface area (TPSA) is 52.6 Å². The molecule has 0 amide bonds. The minimum Gasteiger partial charge on any atom is -0.481 e. The highest BCUT2D eigenvalue weighted by Crippen LogP contribution is 2.25. The molecule has 0 radical (unpaired) electrons. The fourth-order valence-electron chi connectivity index (χ4n) is 2.01. The summed E-state index contributed by atoms with van der Waals surface area (Å²) in [6, 6.07) is 0. The predicted octanol–water partition coefficient (Wildman–Crippen LogP) is 1.32. The van der Waals surface area contributed by atoms with E-state index in [4.69, 9.17) is 5.11 Å². The molecule has 0 aromatic heterocycles. The third-order valence-corrected chi connectivity index (χ3v) is 3.10. The predicted molar refractivity (Wildman–Crippen MR) is 60.3 cm³/mol. The second-order valence-corrected chi connectivity index (χ2v) is 4.54. The van der Waals surface area contributed by atoms with Crippen molar-refractivity contribution < 1.29 is 23.1 Å². The van der Waals surface area contributed by atoms with E-state index in [1.165, 1.54) is 6.42 Å². The van der Waals surface area contributed by atoms with Crippen molar-refractivity contribution in [3.05, 3.63) is 0 Å². The van der Waals surface area contributed by atoms with Crippen molar-refractivity contribution >= 4 is 5.97 Å². The molecule has 2 N–H and O–H groups in total. The lowest BCUT2D eigenvalue weighted by Gasteiger charge is -2.26. The number of alkyl halides is 3. The highest BCUT2D eigenvalue weighted by molar-refractivity contribution is 5.71. The van der Waals surface area contributed by atoms with E-state index in [2.05, 4.69) is 10.2 Å². The Hall–Kier alpha value is -0.820. The van der Waals surface area contributed by atoms with Gasteiger partial charge in [-0.2, -0.15) is 13.2 Å². The maximum absolute atomic E-state index is 12.3. The fourth-order valence-corrected chi connectivity index (χ4v) is 2.01. The second-order valence-electron chi connectivity index (χ2n) is 4.54. The van der Waals surface area contributed by atoms with Gasteiger partial charge in [0.15, 0.2) is 5.92 Å². The number of nitrogens with one attached hydrogen (secondary N) is 1. The Labute approximate surface area is 104 Å². The van der Waals surface area contributed by atoms with Crippen LogP contribution >= 0.6 is 0 Å². The first-order chi connectivity index (χ1) is 8.41. The summed E-state index contributed by atoms with van der Waals surface area (Å²) in [6.07, 6.45) is -1.23. The quantitative estimate of drug-likeness (QED) is 0.713. The van der Waals surface area contributed by atoms with Crippen LogP contribution in [0.4, 0.5) is 13.2 Å². The third-order valence-electron chi connectivity index (χ3n) is 3.10. The number of carbonyl (C=O) groups is 1. The Kier molecular flexibility index (Phi) is 5.87. The van der Waals surface area contributed by atoms with Crippen molar-refractivity contribution in [2.45, 2.75) is 25.4 Å². The van der Waals surface area contributed by atoms with E-state index in [-0.39, 0.29) is 0 Å². The van der Waals surface area contributed by atoms with Crippen LogP contribution < -0.4 is 5.32 Å². The number of likely N-dealkylation sites (tertiary alicyclic amines) is 1. The van der Waals surface area contributed by atoms with Gasteiger partial charge < -0.3 is 15.3 Å². The lowest BCUT2D eigenvalue weighted by molar-refractivity contribution is -0.192. The number of aliphatic carboxylic acids is 1. The van der Waals surface area contributed by atoms with Crippen molar-refractivity contribution in [2.75, 3.05) is 32.7 Å². The maximum atomic E-state index is 12.3. The average Bonchev–Trinajstić information content (AvgIpc) is 2.27. The van der Waals surface area contributed by atoms with Gasteiger partial charge in [0.25, 0.3) is 0 Å². The van der Waals surface area contributed by atoms with Crippen molar-refractivity contribution in [1.82, 2.24) is 10.2 Å². The van der Waals surface area contributed by atoms with Gasteiger partial charge in [0.05, 0.1) is 0 Å². The summed E-state index contributed by atoms with van der Waals surface area (Å²) in [5.41, 5.74) is 0. The second kappa shape index (κ2) is 6.94. The molecule has 0 aromatic rings. The lowest BCUT2D eigenvalue weighted by Crippen LogP contribution is -2.42. The summed E-state index contributed by atoms with van der Waals surface area (Å²) in [7, 11) is 0. The van der Waals surface area contributed by atoms with Crippen molar-refractivity contribution in [3.63, 3.8) is 0 Å². The molecule has 1 aliphatic rings. The van der Waals surface area contributed by atoms with Gasteiger partial charge in [-0.15, -0.1) is 0 Å². The summed E-state index contributed by atoms with van der Waals surface area (Å²) in [5.74, 6) is -4.15. The van der Waals surface area contributed by atoms with Crippen LogP contribution in [0.3, 0.4) is 0 Å². The molecule has 0 aromatic carbocycles. The van der Waals surface area contributed by atoms with E-state index in [1.54, 1.807) is 0 Å². The monoisotopic (exact) mass is 268 g/mol. The minimum absolute atomic E-state index is 0.389. The van der Waals surface area contributed by atoms with Gasteiger partial charge in [0.2, 0.25) is 0 Å². The summed E-state index contributed by atoms with van der Waals surface area (Å²) in [6.45, 7) is 2.45. The van der Waals surface area contributed by atoms with Crippen molar-refractivity contribution in [1.29, 1.82) is 0 Å². The number of carboxylic acid groups (broad SMARTS) is 1. The summed E-state index contributed by atoms with van der Waals surface area (Å²) in [5, 5.41) is 11.1. The molecule has 0 bridgehead atoms. The zero-order chi connectivity index (χ0) is 13.6. The highest BCUT2D eigenvalue weighted by atomic mass is 19.4. The molecule has 1 unspecified atom stereocenters. The standard InChI is InChI=1S/C11H19F3N2O2/c12-11(13,14)9(10(17)18)8-15-4-7-16-5-2-1-3-6-16/h9,15H,1-8H2,(H,17,18). The molecular weight excluding hydrogens is 249 g/mol. The molecule has 1 fully saturated rings. The van der Waals surface area contributed by atoms with Crippen molar-refractivity contribution in [3.8, 4) is 0 Å². The first kappa shape index (κ1) is 15.2. The Balaban J connectivity index is 2.20. The Bertz CT molecular complexity index is 266. The highest BCUT2D eigenvalue weighted by Gasteiger charge is 2.44. The van der Waals surface area contributed by atoms with E-state index in [9.17, 15) is 18.0 Å². The van der Waals surface area contributed by atoms with E-state index >= 15 is 0 Å². The molecule has 1 atom stereocenters. The average molecular weight is 268 g/mol. The van der Waals surface area contributed by atoms with Crippen LogP contribution in [0.5, 0.6) is 0 Å². The van der Waals surface area contributed by atoms with Crippen LogP contribution in [0.25, 0.3) is 0 Å². The molecular formula is C11H19F3N2O2. The molecule has 0 aliphatic carbocycles. The number of nitrogens with zero attached hydrogens (tertiary/aromatic N) is 1. The maximum Gasteiger partial charge on any atom is 0.403 e. The van der Waals surface area contributed by atoms with E-state index in [0.29, 0.717) is 13.1 Å². The number of carboxylic acids is 1. The SMILES string of the molecule is O=C(O)C(CNCCN1CCCCC1)C(F)(F)F. The van der Waals surface area contributed by atoms with Crippen molar-refractivity contribution in [2.24, 2.45) is 5.92 Å². The molecule has 4 nitrogen and oxygen atoms in total. The van der Waals surface area contributed by atoms with Gasteiger partial charge in [0.1, 0.15) is 0 Å². The first-order valence-corrected chi connectivity index (χ1v) is 6.14. The van der Waals surface area contributed by atoms with Gasteiger partial charge in [-0.05, 0) is 25.9 Å². The van der Waals surface area contributed by atoms with Gasteiger partial charge in [-0.1, -0.05) is 6.42 Å². The van der Waals surface area contributed by atoms with Crippen LogP contribution in [0, 0.1) is 5.92 Å². The summed E-state index contributed by atoms with van der Waals surface area (Å²) < 4.78 is 37.0. The number of piperidine rings is 1. The first-order valence-electron chi connectivity index (χ1n) is 6.14. The van der Waals surface area contributed by atoms with Gasteiger partial charge in [0, 0.05) is 19.6 Å². The van der Waals surface area contributed by atoms with Crippen LogP contribution in [-0.2, 0) is 4.79 Å². The third kappa shape index (κ3) is 5.22. The molecule has 106 valence electrons. The lowest BCUT2D eigenvalue weighted by atomic mass is 10.1. The Morgan fingerprint density at radius 1 is 1.28 bits per heavy atom. The van der Waals surface area contributed by atoms with Crippen LogP contribution in [0.15, 0.2) is 0 Å².